The van der Waals surface area contributed by atoms with Crippen LogP contribution in [-0.2, 0) is 0 Å². The summed E-state index contributed by atoms with van der Waals surface area (Å²) in [5.74, 6) is -0.403. The normalized spacial score (nSPS) is 13.8. The first-order valence-electron chi connectivity index (χ1n) is 6.83. The van der Waals surface area contributed by atoms with Crippen LogP contribution in [-0.4, -0.2) is 37.2 Å². The number of pyridine rings is 1. The van der Waals surface area contributed by atoms with Crippen LogP contribution in [0.2, 0.25) is 0 Å². The summed E-state index contributed by atoms with van der Waals surface area (Å²) in [4.78, 5) is 25.8. The summed E-state index contributed by atoms with van der Waals surface area (Å²) in [6, 6.07) is 10.3. The Labute approximate surface area is 135 Å². The molecule has 2 aromatic heterocycles. The lowest BCUT2D eigenvalue weighted by Gasteiger charge is -2.12. The third-order valence-corrected chi connectivity index (χ3v) is 4.52. The molecule has 2 amide bonds. The highest BCUT2D eigenvalue weighted by atomic mass is 32.2. The van der Waals surface area contributed by atoms with Gasteiger partial charge in [0, 0.05) is 11.9 Å². The Morgan fingerprint density at radius 1 is 1.00 bits per heavy atom. The number of amides is 2. The number of nitrogens with zero attached hydrogens (tertiary/aromatic N) is 4. The van der Waals surface area contributed by atoms with Gasteiger partial charge in [0.25, 0.3) is 11.8 Å². The van der Waals surface area contributed by atoms with Crippen molar-refractivity contribution in [2.45, 2.75) is 5.16 Å². The van der Waals surface area contributed by atoms with E-state index in [1.807, 2.05) is 0 Å². The van der Waals surface area contributed by atoms with Crippen molar-refractivity contribution in [2.24, 2.45) is 0 Å². The molecule has 114 valence electrons. The molecular weight excluding hydrogens is 314 g/mol. The maximum absolute atomic E-state index is 12.3. The van der Waals surface area contributed by atoms with E-state index in [0.29, 0.717) is 27.6 Å². The van der Waals surface area contributed by atoms with E-state index >= 15 is 0 Å². The summed E-state index contributed by atoms with van der Waals surface area (Å²) in [5.41, 5.74) is 7.88. The van der Waals surface area contributed by atoms with Crippen LogP contribution >= 0.6 is 11.8 Å². The molecule has 0 unspecified atom stereocenters. The second-order valence-electron chi connectivity index (χ2n) is 5.03. The number of anilines is 1. The van der Waals surface area contributed by atoms with Gasteiger partial charge in [-0.1, -0.05) is 23.9 Å². The first-order chi connectivity index (χ1) is 11.1. The van der Waals surface area contributed by atoms with Crippen molar-refractivity contribution in [1.82, 2.24) is 19.5 Å². The molecule has 7 nitrogen and oxygen atoms in total. The molecule has 3 aromatic rings. The largest absolute Gasteiger partial charge is 0.398 e. The van der Waals surface area contributed by atoms with Crippen molar-refractivity contribution in [3.8, 4) is 0 Å². The van der Waals surface area contributed by atoms with Crippen LogP contribution in [0.1, 0.15) is 20.7 Å². The number of fused-ring (bicyclic) bond motifs is 2. The van der Waals surface area contributed by atoms with Crippen molar-refractivity contribution in [3.63, 3.8) is 0 Å². The van der Waals surface area contributed by atoms with Crippen molar-refractivity contribution in [2.75, 3.05) is 11.6 Å². The Bertz CT molecular complexity index is 917. The summed E-state index contributed by atoms with van der Waals surface area (Å²) >= 11 is 1.26. The highest BCUT2D eigenvalue weighted by Crippen LogP contribution is 2.26. The lowest BCUT2D eigenvalue weighted by molar-refractivity contribution is 0.0684. The topological polar surface area (TPSA) is 93.6 Å². The predicted octanol–water partition coefficient (Wildman–Crippen LogP) is 1.66. The number of benzene rings is 1. The number of hydrogen-bond acceptors (Lipinski definition) is 6. The van der Waals surface area contributed by atoms with Crippen molar-refractivity contribution in [1.29, 1.82) is 0 Å². The first-order valence-corrected chi connectivity index (χ1v) is 7.82. The van der Waals surface area contributed by atoms with Crippen LogP contribution in [0.3, 0.4) is 0 Å². The van der Waals surface area contributed by atoms with Gasteiger partial charge in [-0.05, 0) is 24.3 Å². The summed E-state index contributed by atoms with van der Waals surface area (Å²) in [6.07, 6.45) is 1.71. The lowest BCUT2D eigenvalue weighted by Crippen LogP contribution is -2.29. The molecule has 4 rings (SSSR count). The Kier molecular flexibility index (Phi) is 3.05. The van der Waals surface area contributed by atoms with E-state index in [-0.39, 0.29) is 17.7 Å². The SMILES string of the molecule is Nc1ccc2nnc(SCN3C(=O)c4ccccc4C3=O)n2c1. The molecule has 0 saturated carbocycles. The van der Waals surface area contributed by atoms with Crippen LogP contribution in [0.15, 0.2) is 47.8 Å². The molecule has 1 aromatic carbocycles. The molecule has 2 N–H and O–H groups in total. The number of thioether (sulfide) groups is 1. The molecule has 3 heterocycles. The standard InChI is InChI=1S/C15H11N5O2S/c16-9-5-6-12-17-18-15(19(12)7-9)23-8-20-13(21)10-3-1-2-4-11(10)14(20)22/h1-7H,8,16H2. The van der Waals surface area contributed by atoms with E-state index in [0.717, 1.165) is 0 Å². The van der Waals surface area contributed by atoms with Crippen molar-refractivity contribution < 1.29 is 9.59 Å². The summed E-state index contributed by atoms with van der Waals surface area (Å²) < 4.78 is 1.73. The monoisotopic (exact) mass is 325 g/mol. The van der Waals surface area contributed by atoms with Gasteiger partial charge in [0.15, 0.2) is 10.8 Å². The molecule has 23 heavy (non-hydrogen) atoms. The molecule has 1 aliphatic rings. The van der Waals surface area contributed by atoms with Gasteiger partial charge in [0.05, 0.1) is 17.0 Å². The maximum Gasteiger partial charge on any atom is 0.262 e. The van der Waals surface area contributed by atoms with Gasteiger partial charge in [0.2, 0.25) is 0 Å². The smallest absolute Gasteiger partial charge is 0.262 e. The molecular formula is C15H11N5O2S. The van der Waals surface area contributed by atoms with Gasteiger partial charge in [-0.2, -0.15) is 0 Å². The predicted molar refractivity (Wildman–Crippen MR) is 85.1 cm³/mol. The zero-order valence-corrected chi connectivity index (χ0v) is 12.7. The van der Waals surface area contributed by atoms with Crippen molar-refractivity contribution >= 4 is 34.9 Å². The maximum atomic E-state index is 12.3. The Hall–Kier alpha value is -2.87. The average Bonchev–Trinajstić information content (AvgIpc) is 3.06. The number of carbonyl (C=O) groups is 2. The minimum atomic E-state index is -0.286. The van der Waals surface area contributed by atoms with Gasteiger partial charge >= 0.3 is 0 Å². The fourth-order valence-corrected chi connectivity index (χ4v) is 3.33. The zero-order chi connectivity index (χ0) is 16.0. The average molecular weight is 325 g/mol. The number of imide groups is 1. The van der Waals surface area contributed by atoms with Crippen LogP contribution in [0.5, 0.6) is 0 Å². The Morgan fingerprint density at radius 2 is 1.70 bits per heavy atom. The summed E-state index contributed by atoms with van der Waals surface area (Å²) in [7, 11) is 0. The van der Waals surface area contributed by atoms with Crippen LogP contribution < -0.4 is 5.73 Å². The molecule has 0 radical (unpaired) electrons. The highest BCUT2D eigenvalue weighted by molar-refractivity contribution is 7.99. The zero-order valence-electron chi connectivity index (χ0n) is 11.8. The van der Waals surface area contributed by atoms with Crippen LogP contribution in [0.4, 0.5) is 5.69 Å². The number of nitrogen functional groups attached to an aromatic ring is 1. The molecule has 1 aliphatic heterocycles. The molecule has 8 heteroatoms. The fraction of sp³-hybridized carbons (Fsp3) is 0.0667. The number of nitrogens with two attached hydrogens (primary N) is 1. The second kappa shape index (κ2) is 5.10. The summed E-state index contributed by atoms with van der Waals surface area (Å²) in [6.45, 7) is 0. The van der Waals surface area contributed by atoms with Gasteiger partial charge in [-0.25, -0.2) is 0 Å². The number of aromatic nitrogens is 3. The fourth-order valence-electron chi connectivity index (χ4n) is 2.46. The number of hydrogen-bond donors (Lipinski definition) is 1. The molecule has 0 fully saturated rings. The minimum Gasteiger partial charge on any atom is -0.398 e. The summed E-state index contributed by atoms with van der Waals surface area (Å²) in [5, 5.41) is 8.67. The first kappa shape index (κ1) is 13.8. The minimum absolute atomic E-state index is 0.169. The van der Waals surface area contributed by atoms with Crippen LogP contribution in [0, 0.1) is 0 Å². The van der Waals surface area contributed by atoms with E-state index in [2.05, 4.69) is 10.2 Å². The molecule has 0 aliphatic carbocycles. The van der Waals surface area contributed by atoms with E-state index in [4.69, 9.17) is 5.73 Å². The number of rotatable bonds is 3. The van der Waals surface area contributed by atoms with Crippen LogP contribution in [0.25, 0.3) is 5.65 Å². The van der Waals surface area contributed by atoms with Gasteiger partial charge in [-0.15, -0.1) is 10.2 Å². The third kappa shape index (κ3) is 2.15. The van der Waals surface area contributed by atoms with E-state index in [1.165, 1.54) is 16.7 Å². The number of carbonyl (C=O) groups excluding carboxylic acids is 2. The Balaban J connectivity index is 1.59. The molecule has 0 bridgehead atoms. The third-order valence-electron chi connectivity index (χ3n) is 3.59. The van der Waals surface area contributed by atoms with Crippen molar-refractivity contribution in [3.05, 3.63) is 53.7 Å². The quantitative estimate of drug-likeness (QED) is 0.581. The molecule has 0 atom stereocenters. The van der Waals surface area contributed by atoms with Gasteiger partial charge in [-0.3, -0.25) is 18.9 Å². The highest BCUT2D eigenvalue weighted by Gasteiger charge is 2.35. The van der Waals surface area contributed by atoms with E-state index < -0.39 is 0 Å². The van der Waals surface area contributed by atoms with E-state index in [1.54, 1.807) is 47.0 Å². The second-order valence-corrected chi connectivity index (χ2v) is 5.94. The van der Waals surface area contributed by atoms with Gasteiger partial charge < -0.3 is 5.73 Å². The molecule has 0 spiro atoms. The van der Waals surface area contributed by atoms with Gasteiger partial charge in [0.1, 0.15) is 0 Å². The Morgan fingerprint density at radius 3 is 2.39 bits per heavy atom. The lowest BCUT2D eigenvalue weighted by atomic mass is 10.1. The van der Waals surface area contributed by atoms with E-state index in [9.17, 15) is 9.59 Å². The molecule has 0 saturated heterocycles.